The lowest BCUT2D eigenvalue weighted by atomic mass is 9.87. The first kappa shape index (κ1) is 10.1. The van der Waals surface area contributed by atoms with Crippen molar-refractivity contribution in [3.63, 3.8) is 0 Å². The molecular weight excluding hydrogens is 186 g/mol. The van der Waals surface area contributed by atoms with Crippen LogP contribution in [0, 0.1) is 5.41 Å². The molecule has 2 rings (SSSR count). The average molecular weight is 203 g/mol. The second kappa shape index (κ2) is 3.33. The Morgan fingerprint density at radius 2 is 1.80 bits per heavy atom. The van der Waals surface area contributed by atoms with Gasteiger partial charge in [0.15, 0.2) is 0 Å². The summed E-state index contributed by atoms with van der Waals surface area (Å²) in [5.41, 5.74) is 2.53. The minimum absolute atomic E-state index is 0.0835. The highest BCUT2D eigenvalue weighted by Crippen LogP contribution is 2.28. The van der Waals surface area contributed by atoms with Crippen LogP contribution in [-0.4, -0.2) is 23.6 Å². The molecule has 0 aromatic carbocycles. The number of allylic oxidation sites excluding steroid dienone is 2. The van der Waals surface area contributed by atoms with Crippen LogP contribution >= 0.6 is 0 Å². The highest BCUT2D eigenvalue weighted by molar-refractivity contribution is 5.83. The smallest absolute Gasteiger partial charge is 0.219 e. The first-order chi connectivity index (χ1) is 6.97. The summed E-state index contributed by atoms with van der Waals surface area (Å²) in [6.45, 7) is 8.61. The van der Waals surface area contributed by atoms with Crippen molar-refractivity contribution in [2.45, 2.75) is 34.0 Å². The van der Waals surface area contributed by atoms with Crippen molar-refractivity contribution in [3.05, 3.63) is 23.5 Å². The van der Waals surface area contributed by atoms with E-state index in [1.807, 2.05) is 19.4 Å². The second-order valence-corrected chi connectivity index (χ2v) is 5.06. The van der Waals surface area contributed by atoms with E-state index in [4.69, 9.17) is 0 Å². The Labute approximate surface area is 90.9 Å². The summed E-state index contributed by atoms with van der Waals surface area (Å²) >= 11 is 0. The molecule has 0 spiro atoms. The zero-order valence-corrected chi connectivity index (χ0v) is 9.73. The molecular formula is C12H17N3. The van der Waals surface area contributed by atoms with Gasteiger partial charge in [-0.3, -0.25) is 0 Å². The van der Waals surface area contributed by atoms with Gasteiger partial charge in [-0.2, -0.15) is 0 Å². The Kier molecular flexibility index (Phi) is 2.25. The molecule has 3 nitrogen and oxygen atoms in total. The van der Waals surface area contributed by atoms with Gasteiger partial charge in [0.2, 0.25) is 6.29 Å². The number of hydrogen-bond donors (Lipinski definition) is 0. The van der Waals surface area contributed by atoms with Crippen molar-refractivity contribution in [1.82, 2.24) is 4.90 Å². The molecule has 2 aliphatic rings. The quantitative estimate of drug-likeness (QED) is 0.594. The number of hydrogen-bond acceptors (Lipinski definition) is 3. The van der Waals surface area contributed by atoms with E-state index < -0.39 is 0 Å². The SMILES string of the molecule is CC1=CN2C=C(C(C)(C)C)C=NC2N=C1. The van der Waals surface area contributed by atoms with Gasteiger partial charge < -0.3 is 4.90 Å². The third-order valence-electron chi connectivity index (χ3n) is 2.53. The lowest BCUT2D eigenvalue weighted by Gasteiger charge is -2.31. The van der Waals surface area contributed by atoms with E-state index in [9.17, 15) is 0 Å². The first-order valence-corrected chi connectivity index (χ1v) is 5.21. The van der Waals surface area contributed by atoms with Gasteiger partial charge in [-0.1, -0.05) is 20.8 Å². The molecule has 0 saturated heterocycles. The van der Waals surface area contributed by atoms with E-state index in [1.54, 1.807) is 0 Å². The van der Waals surface area contributed by atoms with Crippen LogP contribution in [0.15, 0.2) is 33.5 Å². The van der Waals surface area contributed by atoms with Gasteiger partial charge in [0.1, 0.15) is 0 Å². The van der Waals surface area contributed by atoms with Gasteiger partial charge in [-0.15, -0.1) is 0 Å². The van der Waals surface area contributed by atoms with Crippen LogP contribution in [-0.2, 0) is 0 Å². The van der Waals surface area contributed by atoms with Gasteiger partial charge in [0.25, 0.3) is 0 Å². The molecule has 0 radical (unpaired) electrons. The molecule has 3 heteroatoms. The lowest BCUT2D eigenvalue weighted by molar-refractivity contribution is 0.364. The van der Waals surface area contributed by atoms with E-state index >= 15 is 0 Å². The maximum atomic E-state index is 4.42. The summed E-state index contributed by atoms with van der Waals surface area (Å²) in [5, 5.41) is 0. The molecule has 0 saturated carbocycles. The number of rotatable bonds is 0. The molecule has 2 aliphatic heterocycles. The topological polar surface area (TPSA) is 28.0 Å². The summed E-state index contributed by atoms with van der Waals surface area (Å²) in [4.78, 5) is 10.8. The van der Waals surface area contributed by atoms with Crippen LogP contribution in [0.3, 0.4) is 0 Å². The summed E-state index contributed by atoms with van der Waals surface area (Å²) in [5.74, 6) is 0. The average Bonchev–Trinajstić information content (AvgIpc) is 2.15. The number of nitrogens with zero attached hydrogens (tertiary/aromatic N) is 3. The van der Waals surface area contributed by atoms with Crippen molar-refractivity contribution in [1.29, 1.82) is 0 Å². The van der Waals surface area contributed by atoms with E-state index in [0.717, 1.165) is 5.57 Å². The highest BCUT2D eigenvalue weighted by Gasteiger charge is 2.23. The molecule has 0 bridgehead atoms. The molecule has 1 atom stereocenters. The van der Waals surface area contributed by atoms with Crippen LogP contribution in [0.1, 0.15) is 27.7 Å². The molecule has 15 heavy (non-hydrogen) atoms. The van der Waals surface area contributed by atoms with Crippen LogP contribution in [0.25, 0.3) is 0 Å². The fourth-order valence-electron chi connectivity index (χ4n) is 1.54. The zero-order chi connectivity index (χ0) is 11.1. The maximum Gasteiger partial charge on any atom is 0.219 e. The predicted molar refractivity (Wildman–Crippen MR) is 63.9 cm³/mol. The van der Waals surface area contributed by atoms with Gasteiger partial charge >= 0.3 is 0 Å². The number of aliphatic imine (C=N–C) groups is 2. The zero-order valence-electron chi connectivity index (χ0n) is 9.73. The van der Waals surface area contributed by atoms with Crippen LogP contribution in [0.4, 0.5) is 0 Å². The van der Waals surface area contributed by atoms with Gasteiger partial charge in [-0.05, 0) is 23.5 Å². The predicted octanol–water partition coefficient (Wildman–Crippen LogP) is 2.57. The lowest BCUT2D eigenvalue weighted by Crippen LogP contribution is -2.31. The van der Waals surface area contributed by atoms with Crippen molar-refractivity contribution in [2.24, 2.45) is 15.4 Å². The van der Waals surface area contributed by atoms with E-state index in [2.05, 4.69) is 48.1 Å². The first-order valence-electron chi connectivity index (χ1n) is 5.21. The largest absolute Gasteiger partial charge is 0.313 e. The highest BCUT2D eigenvalue weighted by atomic mass is 15.3. The molecule has 0 N–H and O–H groups in total. The normalized spacial score (nSPS) is 24.8. The van der Waals surface area contributed by atoms with Crippen molar-refractivity contribution >= 4 is 12.4 Å². The summed E-state index contributed by atoms with van der Waals surface area (Å²) in [6, 6.07) is 0. The van der Waals surface area contributed by atoms with Crippen molar-refractivity contribution in [3.8, 4) is 0 Å². The molecule has 0 aromatic heterocycles. The van der Waals surface area contributed by atoms with E-state index in [0.29, 0.717) is 0 Å². The third kappa shape index (κ3) is 2.01. The van der Waals surface area contributed by atoms with Crippen LogP contribution < -0.4 is 0 Å². The van der Waals surface area contributed by atoms with Crippen LogP contribution in [0.5, 0.6) is 0 Å². The summed E-state index contributed by atoms with van der Waals surface area (Å²) in [6.07, 6.45) is 7.94. The standard InChI is InChI=1S/C12H17N3/c1-9-5-13-11-14-6-10(12(2,3)4)8-15(11)7-9/h5-8,11H,1-4H3. The monoisotopic (exact) mass is 203 g/mol. The third-order valence-corrected chi connectivity index (χ3v) is 2.53. The molecule has 0 amide bonds. The second-order valence-electron chi connectivity index (χ2n) is 5.06. The van der Waals surface area contributed by atoms with Crippen molar-refractivity contribution < 1.29 is 0 Å². The molecule has 0 fully saturated rings. The van der Waals surface area contributed by atoms with Gasteiger partial charge in [0.05, 0.1) is 0 Å². The maximum absolute atomic E-state index is 4.42. The molecule has 2 heterocycles. The Bertz CT molecular complexity index is 380. The minimum atomic E-state index is -0.0835. The van der Waals surface area contributed by atoms with Crippen molar-refractivity contribution in [2.75, 3.05) is 0 Å². The Balaban J connectivity index is 2.29. The van der Waals surface area contributed by atoms with Crippen LogP contribution in [0.2, 0.25) is 0 Å². The minimum Gasteiger partial charge on any atom is -0.313 e. The van der Waals surface area contributed by atoms with E-state index in [1.165, 1.54) is 5.57 Å². The fourth-order valence-corrected chi connectivity index (χ4v) is 1.54. The molecule has 0 aromatic rings. The summed E-state index contributed by atoms with van der Waals surface area (Å²) < 4.78 is 0. The number of fused-ring (bicyclic) bond motifs is 1. The summed E-state index contributed by atoms with van der Waals surface area (Å²) in [7, 11) is 0. The molecule has 0 aliphatic carbocycles. The Morgan fingerprint density at radius 3 is 2.47 bits per heavy atom. The Morgan fingerprint density at radius 1 is 1.13 bits per heavy atom. The fraction of sp³-hybridized carbons (Fsp3) is 0.500. The molecule has 80 valence electrons. The van der Waals surface area contributed by atoms with Gasteiger partial charge in [-0.25, -0.2) is 9.98 Å². The van der Waals surface area contributed by atoms with E-state index in [-0.39, 0.29) is 11.7 Å². The molecule has 1 unspecified atom stereocenters. The van der Waals surface area contributed by atoms with Gasteiger partial charge in [0, 0.05) is 24.8 Å². The Hall–Kier alpha value is -1.38.